The van der Waals surface area contributed by atoms with Crippen molar-refractivity contribution in [3.63, 3.8) is 0 Å². The molecule has 0 radical (unpaired) electrons. The van der Waals surface area contributed by atoms with Crippen molar-refractivity contribution in [3.05, 3.63) is 71.6 Å². The van der Waals surface area contributed by atoms with Gasteiger partial charge in [0, 0.05) is 10.9 Å². The molecule has 0 aliphatic carbocycles. The van der Waals surface area contributed by atoms with E-state index in [2.05, 4.69) is 20.1 Å². The number of ketones is 1. The Morgan fingerprint density at radius 3 is 2.82 bits per heavy atom. The number of nitrogens with zero attached hydrogens (tertiary/aromatic N) is 3. The van der Waals surface area contributed by atoms with Crippen LogP contribution >= 0.6 is 0 Å². The molecule has 0 amide bonds. The number of carbonyl (C=O) groups is 1. The maximum Gasteiger partial charge on any atom is 0.214 e. The Hall–Kier alpha value is -3.94. The number of nitrogens with one attached hydrogen (secondary N) is 2. The predicted octanol–water partition coefficient (Wildman–Crippen LogP) is 3.49. The summed E-state index contributed by atoms with van der Waals surface area (Å²) in [6, 6.07) is 11.7. The number of benzene rings is 2. The van der Waals surface area contributed by atoms with Crippen molar-refractivity contribution in [3.8, 4) is 5.69 Å². The number of imidazole rings is 1. The highest BCUT2D eigenvalue weighted by molar-refractivity contribution is 6.12. The van der Waals surface area contributed by atoms with Gasteiger partial charge in [0.05, 0.1) is 34.2 Å². The first-order valence-electron chi connectivity index (χ1n) is 8.63. The number of H-pyrrole nitrogens is 2. The quantitative estimate of drug-likeness (QED) is 0.420. The zero-order chi connectivity index (χ0) is 19.4. The summed E-state index contributed by atoms with van der Waals surface area (Å²) in [6.45, 7) is 1.88. The standard InChI is InChI=1S/C20H15FN6O/c1-10-24-16-6-5-11(7-17(16)25-10)27-20(22)13(9-23-27)19(28)18-8-12-14(21)3-2-4-15(12)26-18/h2-9,26H,22H2,1H3,(H,24,25). The smallest absolute Gasteiger partial charge is 0.214 e. The van der Waals surface area contributed by atoms with Gasteiger partial charge in [0.2, 0.25) is 5.78 Å². The Morgan fingerprint density at radius 1 is 1.14 bits per heavy atom. The SMILES string of the molecule is Cc1nc2cc(-n3ncc(C(=O)c4cc5c(F)cccc5[nH]4)c3N)ccc2[nH]1. The Balaban J connectivity index is 1.56. The molecular formula is C20H15FN6O. The second-order valence-electron chi connectivity index (χ2n) is 6.59. The average Bonchev–Trinajstić information content (AvgIpc) is 3.36. The van der Waals surface area contributed by atoms with Gasteiger partial charge in [-0.15, -0.1) is 0 Å². The summed E-state index contributed by atoms with van der Waals surface area (Å²) in [6.07, 6.45) is 1.42. The maximum absolute atomic E-state index is 13.9. The number of fused-ring (bicyclic) bond motifs is 2. The molecule has 138 valence electrons. The minimum Gasteiger partial charge on any atom is -0.383 e. The van der Waals surface area contributed by atoms with Gasteiger partial charge in [-0.1, -0.05) is 6.07 Å². The molecule has 0 aliphatic rings. The number of rotatable bonds is 3. The molecule has 0 fully saturated rings. The van der Waals surface area contributed by atoms with Crippen LogP contribution < -0.4 is 5.73 Å². The number of halogens is 1. The Bertz CT molecular complexity index is 1380. The molecule has 5 rings (SSSR count). The van der Waals surface area contributed by atoms with Gasteiger partial charge >= 0.3 is 0 Å². The minimum absolute atomic E-state index is 0.204. The summed E-state index contributed by atoms with van der Waals surface area (Å²) >= 11 is 0. The van der Waals surface area contributed by atoms with E-state index in [1.54, 1.807) is 12.1 Å². The summed E-state index contributed by atoms with van der Waals surface area (Å²) in [5.41, 5.74) is 9.64. The molecule has 0 spiro atoms. The fourth-order valence-corrected chi connectivity index (χ4v) is 3.38. The Labute approximate surface area is 158 Å². The number of anilines is 1. The molecule has 0 atom stereocenters. The second kappa shape index (κ2) is 5.78. The number of aromatic amines is 2. The minimum atomic E-state index is -0.390. The monoisotopic (exact) mass is 374 g/mol. The molecule has 0 saturated heterocycles. The van der Waals surface area contributed by atoms with E-state index >= 15 is 0 Å². The molecule has 5 aromatic rings. The number of hydrogen-bond acceptors (Lipinski definition) is 4. The lowest BCUT2D eigenvalue weighted by Gasteiger charge is -2.04. The van der Waals surface area contributed by atoms with Crippen LogP contribution in [0.5, 0.6) is 0 Å². The molecular weight excluding hydrogens is 359 g/mol. The molecule has 8 heteroatoms. The largest absolute Gasteiger partial charge is 0.383 e. The third-order valence-corrected chi connectivity index (χ3v) is 4.74. The lowest BCUT2D eigenvalue weighted by atomic mass is 10.1. The number of nitrogen functional groups attached to an aromatic ring is 1. The van der Waals surface area contributed by atoms with Crippen LogP contribution in [0, 0.1) is 12.7 Å². The molecule has 0 saturated carbocycles. The Morgan fingerprint density at radius 2 is 2.00 bits per heavy atom. The molecule has 4 N–H and O–H groups in total. The molecule has 0 aliphatic heterocycles. The lowest BCUT2D eigenvalue weighted by molar-refractivity contribution is 0.103. The van der Waals surface area contributed by atoms with Crippen LogP contribution in [0.2, 0.25) is 0 Å². The fraction of sp³-hybridized carbons (Fsp3) is 0.0500. The number of aryl methyl sites for hydroxylation is 1. The van der Waals surface area contributed by atoms with Crippen molar-refractivity contribution in [2.75, 3.05) is 5.73 Å². The molecule has 0 bridgehead atoms. The zero-order valence-electron chi connectivity index (χ0n) is 14.8. The second-order valence-corrected chi connectivity index (χ2v) is 6.59. The highest BCUT2D eigenvalue weighted by atomic mass is 19.1. The van der Waals surface area contributed by atoms with E-state index in [0.29, 0.717) is 16.6 Å². The van der Waals surface area contributed by atoms with E-state index in [1.807, 2.05) is 25.1 Å². The summed E-state index contributed by atoms with van der Waals surface area (Å²) in [4.78, 5) is 23.4. The first-order chi connectivity index (χ1) is 13.5. The highest BCUT2D eigenvalue weighted by Gasteiger charge is 2.20. The highest BCUT2D eigenvalue weighted by Crippen LogP contribution is 2.25. The van der Waals surface area contributed by atoms with E-state index in [-0.39, 0.29) is 28.7 Å². The van der Waals surface area contributed by atoms with Gasteiger partial charge in [-0.05, 0) is 43.3 Å². The normalized spacial score (nSPS) is 11.5. The summed E-state index contributed by atoms with van der Waals surface area (Å²) in [5, 5.41) is 4.62. The van der Waals surface area contributed by atoms with E-state index < -0.39 is 0 Å². The van der Waals surface area contributed by atoms with Crippen molar-refractivity contribution < 1.29 is 9.18 Å². The predicted molar refractivity (Wildman–Crippen MR) is 104 cm³/mol. The van der Waals surface area contributed by atoms with E-state index in [1.165, 1.54) is 23.0 Å². The number of hydrogen-bond donors (Lipinski definition) is 3. The van der Waals surface area contributed by atoms with Crippen LogP contribution in [-0.4, -0.2) is 30.5 Å². The van der Waals surface area contributed by atoms with Crippen LogP contribution in [0.15, 0.2) is 48.7 Å². The first kappa shape index (κ1) is 16.2. The van der Waals surface area contributed by atoms with Crippen molar-refractivity contribution in [2.45, 2.75) is 6.92 Å². The Kier molecular flexibility index (Phi) is 3.35. The molecule has 3 aromatic heterocycles. The first-order valence-corrected chi connectivity index (χ1v) is 8.63. The third-order valence-electron chi connectivity index (χ3n) is 4.74. The lowest BCUT2D eigenvalue weighted by Crippen LogP contribution is -2.07. The maximum atomic E-state index is 13.9. The van der Waals surface area contributed by atoms with E-state index in [9.17, 15) is 9.18 Å². The van der Waals surface area contributed by atoms with Gasteiger partial charge in [-0.25, -0.2) is 14.1 Å². The van der Waals surface area contributed by atoms with Crippen molar-refractivity contribution in [1.29, 1.82) is 0 Å². The molecule has 3 heterocycles. The number of nitrogens with two attached hydrogens (primary N) is 1. The van der Waals surface area contributed by atoms with E-state index in [0.717, 1.165) is 16.9 Å². The number of aromatic nitrogens is 5. The third kappa shape index (κ3) is 2.38. The molecule has 28 heavy (non-hydrogen) atoms. The van der Waals surface area contributed by atoms with Gasteiger partial charge in [0.1, 0.15) is 17.5 Å². The van der Waals surface area contributed by atoms with Crippen molar-refractivity contribution in [1.82, 2.24) is 24.7 Å². The molecule has 7 nitrogen and oxygen atoms in total. The summed E-state index contributed by atoms with van der Waals surface area (Å²) in [7, 11) is 0. The van der Waals surface area contributed by atoms with Crippen LogP contribution in [0.3, 0.4) is 0 Å². The van der Waals surface area contributed by atoms with Gasteiger partial charge in [-0.2, -0.15) is 5.10 Å². The zero-order valence-corrected chi connectivity index (χ0v) is 14.8. The fourth-order valence-electron chi connectivity index (χ4n) is 3.38. The van der Waals surface area contributed by atoms with Gasteiger partial charge < -0.3 is 15.7 Å². The van der Waals surface area contributed by atoms with Crippen molar-refractivity contribution in [2.24, 2.45) is 0 Å². The topological polar surface area (TPSA) is 105 Å². The van der Waals surface area contributed by atoms with Gasteiger partial charge in [0.15, 0.2) is 0 Å². The summed E-state index contributed by atoms with van der Waals surface area (Å²) < 4.78 is 15.4. The molecule has 2 aromatic carbocycles. The summed E-state index contributed by atoms with van der Waals surface area (Å²) in [5.74, 6) is 0.272. The van der Waals surface area contributed by atoms with Crippen LogP contribution in [0.1, 0.15) is 21.9 Å². The van der Waals surface area contributed by atoms with Crippen LogP contribution in [0.4, 0.5) is 10.2 Å². The van der Waals surface area contributed by atoms with Gasteiger partial charge in [-0.3, -0.25) is 4.79 Å². The van der Waals surface area contributed by atoms with Crippen LogP contribution in [-0.2, 0) is 0 Å². The van der Waals surface area contributed by atoms with E-state index in [4.69, 9.17) is 5.73 Å². The van der Waals surface area contributed by atoms with Crippen molar-refractivity contribution >= 4 is 33.5 Å². The van der Waals surface area contributed by atoms with Crippen LogP contribution in [0.25, 0.3) is 27.6 Å². The number of carbonyl (C=O) groups excluding carboxylic acids is 1. The molecule has 0 unspecified atom stereocenters. The van der Waals surface area contributed by atoms with Gasteiger partial charge in [0.25, 0.3) is 0 Å². The average molecular weight is 374 g/mol.